The molecule has 110 valence electrons. The van der Waals surface area contributed by atoms with Crippen LogP contribution in [0.3, 0.4) is 0 Å². The van der Waals surface area contributed by atoms with Crippen molar-refractivity contribution in [3.05, 3.63) is 42.2 Å². The number of nitrogens with two attached hydrogens (primary N) is 1. The third kappa shape index (κ3) is 2.54. The van der Waals surface area contributed by atoms with Gasteiger partial charge >= 0.3 is 0 Å². The smallest absolute Gasteiger partial charge is 0.137 e. The lowest BCUT2D eigenvalue weighted by Crippen LogP contribution is -2.25. The van der Waals surface area contributed by atoms with E-state index in [0.29, 0.717) is 13.1 Å². The lowest BCUT2D eigenvalue weighted by atomic mass is 10.1. The molecular weight excluding hydrogens is 264 g/mol. The monoisotopic (exact) mass is 284 g/mol. The van der Waals surface area contributed by atoms with Gasteiger partial charge in [-0.05, 0) is 38.5 Å². The molecule has 0 saturated carbocycles. The molecule has 0 bridgehead atoms. The Morgan fingerprint density at radius 3 is 2.67 bits per heavy atom. The minimum absolute atomic E-state index is 0.0606. The first-order chi connectivity index (χ1) is 9.99. The minimum Gasteiger partial charge on any atom is -0.326 e. The van der Waals surface area contributed by atoms with Crippen LogP contribution in [0.5, 0.6) is 0 Å². The van der Waals surface area contributed by atoms with Crippen molar-refractivity contribution >= 4 is 11.0 Å². The summed E-state index contributed by atoms with van der Waals surface area (Å²) in [5.74, 6) is 0.970. The Morgan fingerprint density at radius 1 is 1.24 bits per heavy atom. The van der Waals surface area contributed by atoms with Crippen molar-refractivity contribution in [2.45, 2.75) is 39.4 Å². The molecule has 0 aliphatic rings. The molecule has 0 aliphatic heterocycles. The molecule has 2 aromatic heterocycles. The van der Waals surface area contributed by atoms with Crippen LogP contribution in [0.1, 0.15) is 32.2 Å². The van der Waals surface area contributed by atoms with Crippen LogP contribution in [0.25, 0.3) is 11.0 Å². The van der Waals surface area contributed by atoms with Crippen LogP contribution in [-0.2, 0) is 18.6 Å². The molecule has 0 unspecified atom stereocenters. The van der Waals surface area contributed by atoms with E-state index in [1.54, 1.807) is 11.0 Å². The van der Waals surface area contributed by atoms with Gasteiger partial charge in [-0.1, -0.05) is 6.07 Å². The average molecular weight is 284 g/mol. The molecule has 6 heteroatoms. The van der Waals surface area contributed by atoms with E-state index in [0.717, 1.165) is 22.4 Å². The molecule has 3 rings (SSSR count). The molecule has 6 nitrogen and oxygen atoms in total. The molecule has 3 aromatic rings. The van der Waals surface area contributed by atoms with Gasteiger partial charge in [0.05, 0.1) is 11.0 Å². The largest absolute Gasteiger partial charge is 0.326 e. The molecule has 2 heterocycles. The second-order valence-corrected chi connectivity index (χ2v) is 6.15. The predicted octanol–water partition coefficient (Wildman–Crippen LogP) is 1.89. The Hall–Kier alpha value is -2.21. The van der Waals surface area contributed by atoms with Crippen LogP contribution in [0.2, 0.25) is 0 Å². The van der Waals surface area contributed by atoms with E-state index in [1.807, 2.05) is 0 Å². The number of rotatable bonds is 3. The highest BCUT2D eigenvalue weighted by Gasteiger charge is 2.21. The van der Waals surface area contributed by atoms with Crippen molar-refractivity contribution in [2.24, 2.45) is 5.73 Å². The Labute approximate surface area is 123 Å². The summed E-state index contributed by atoms with van der Waals surface area (Å²) in [5.41, 5.74) is 8.85. The van der Waals surface area contributed by atoms with E-state index < -0.39 is 0 Å². The number of hydrogen-bond acceptors (Lipinski definition) is 4. The van der Waals surface area contributed by atoms with Gasteiger partial charge < -0.3 is 10.3 Å². The van der Waals surface area contributed by atoms with Crippen molar-refractivity contribution in [1.82, 2.24) is 24.3 Å². The van der Waals surface area contributed by atoms with Gasteiger partial charge in [0.1, 0.15) is 25.0 Å². The van der Waals surface area contributed by atoms with Crippen LogP contribution >= 0.6 is 0 Å². The number of hydrogen-bond donors (Lipinski definition) is 1. The number of nitrogens with zero attached hydrogens (tertiary/aromatic N) is 5. The zero-order chi connectivity index (χ0) is 15.0. The van der Waals surface area contributed by atoms with E-state index >= 15 is 0 Å². The summed E-state index contributed by atoms with van der Waals surface area (Å²) in [4.78, 5) is 8.77. The average Bonchev–Trinajstić information content (AvgIpc) is 3.03. The summed E-state index contributed by atoms with van der Waals surface area (Å²) in [6.07, 6.45) is 3.24. The van der Waals surface area contributed by atoms with Crippen LogP contribution in [0.15, 0.2) is 30.9 Å². The highest BCUT2D eigenvalue weighted by molar-refractivity contribution is 5.77. The molecule has 0 fully saturated rings. The van der Waals surface area contributed by atoms with E-state index in [4.69, 9.17) is 10.7 Å². The fourth-order valence-corrected chi connectivity index (χ4v) is 2.62. The Morgan fingerprint density at radius 2 is 2.05 bits per heavy atom. The van der Waals surface area contributed by atoms with Gasteiger partial charge in [-0.3, -0.25) is 0 Å². The van der Waals surface area contributed by atoms with Crippen LogP contribution < -0.4 is 5.73 Å². The number of aromatic nitrogens is 5. The van der Waals surface area contributed by atoms with Gasteiger partial charge in [-0.25, -0.2) is 14.6 Å². The van der Waals surface area contributed by atoms with Gasteiger partial charge in [-0.15, -0.1) is 0 Å². The molecule has 0 radical (unpaired) electrons. The summed E-state index contributed by atoms with van der Waals surface area (Å²) < 4.78 is 4.04. The second-order valence-electron chi connectivity index (χ2n) is 6.15. The summed E-state index contributed by atoms with van der Waals surface area (Å²) in [5, 5.41) is 4.17. The third-order valence-corrected chi connectivity index (χ3v) is 3.46. The summed E-state index contributed by atoms with van der Waals surface area (Å²) >= 11 is 0. The molecule has 0 aliphatic carbocycles. The maximum absolute atomic E-state index is 5.72. The molecule has 0 saturated heterocycles. The summed E-state index contributed by atoms with van der Waals surface area (Å²) in [6, 6.07) is 6.22. The van der Waals surface area contributed by atoms with Gasteiger partial charge in [0.15, 0.2) is 0 Å². The van der Waals surface area contributed by atoms with Gasteiger partial charge in [0.2, 0.25) is 0 Å². The zero-order valence-electron chi connectivity index (χ0n) is 12.6. The maximum atomic E-state index is 5.72. The number of fused-ring (bicyclic) bond motifs is 1. The molecule has 21 heavy (non-hydrogen) atoms. The summed E-state index contributed by atoms with van der Waals surface area (Å²) in [6.45, 7) is 7.65. The van der Waals surface area contributed by atoms with Gasteiger partial charge in [0.25, 0.3) is 0 Å². The Balaban J connectivity index is 2.17. The van der Waals surface area contributed by atoms with E-state index in [1.165, 1.54) is 6.33 Å². The molecule has 1 aromatic carbocycles. The van der Waals surface area contributed by atoms with Crippen molar-refractivity contribution in [2.75, 3.05) is 0 Å². The van der Waals surface area contributed by atoms with Crippen LogP contribution in [0, 0.1) is 0 Å². The lowest BCUT2D eigenvalue weighted by molar-refractivity contribution is 0.388. The molecule has 0 atom stereocenters. The van der Waals surface area contributed by atoms with Gasteiger partial charge in [-0.2, -0.15) is 5.10 Å². The Bertz CT molecular complexity index is 748. The second kappa shape index (κ2) is 4.96. The quantitative estimate of drug-likeness (QED) is 0.797. The predicted molar refractivity (Wildman–Crippen MR) is 81.7 cm³/mol. The third-order valence-electron chi connectivity index (χ3n) is 3.46. The molecule has 0 amide bonds. The molecule has 2 N–H and O–H groups in total. The normalized spacial score (nSPS) is 12.2. The SMILES string of the molecule is CC(C)(C)n1c(Cn2cncn2)nc2cc(CN)ccc21. The standard InChI is InChI=1S/C15H20N6/c1-15(2,3)21-13-5-4-11(7-16)6-12(13)19-14(21)8-20-10-17-9-18-20/h4-6,9-10H,7-8,16H2,1-3H3. The van der Waals surface area contributed by atoms with Crippen molar-refractivity contribution in [3.8, 4) is 0 Å². The summed E-state index contributed by atoms with van der Waals surface area (Å²) in [7, 11) is 0. The minimum atomic E-state index is -0.0606. The first-order valence-electron chi connectivity index (χ1n) is 7.02. The lowest BCUT2D eigenvalue weighted by Gasteiger charge is -2.24. The number of imidazole rings is 1. The first-order valence-corrected chi connectivity index (χ1v) is 7.02. The van der Waals surface area contributed by atoms with Crippen LogP contribution in [-0.4, -0.2) is 24.3 Å². The van der Waals surface area contributed by atoms with Gasteiger partial charge in [0, 0.05) is 12.1 Å². The van der Waals surface area contributed by atoms with Crippen LogP contribution in [0.4, 0.5) is 0 Å². The topological polar surface area (TPSA) is 74.5 Å². The first kappa shape index (κ1) is 13.8. The molecule has 0 spiro atoms. The van der Waals surface area contributed by atoms with E-state index in [9.17, 15) is 0 Å². The van der Waals surface area contributed by atoms with Crippen molar-refractivity contribution < 1.29 is 0 Å². The highest BCUT2D eigenvalue weighted by Crippen LogP contribution is 2.26. The van der Waals surface area contributed by atoms with E-state index in [2.05, 4.69) is 53.6 Å². The van der Waals surface area contributed by atoms with E-state index in [-0.39, 0.29) is 5.54 Å². The fourth-order valence-electron chi connectivity index (χ4n) is 2.62. The fraction of sp³-hybridized carbons (Fsp3) is 0.400. The van der Waals surface area contributed by atoms with Crippen molar-refractivity contribution in [3.63, 3.8) is 0 Å². The highest BCUT2D eigenvalue weighted by atomic mass is 15.3. The number of benzene rings is 1. The zero-order valence-corrected chi connectivity index (χ0v) is 12.6. The molecular formula is C15H20N6. The maximum Gasteiger partial charge on any atom is 0.137 e. The van der Waals surface area contributed by atoms with Crippen molar-refractivity contribution in [1.29, 1.82) is 0 Å². The Kier molecular flexibility index (Phi) is 3.25.